The van der Waals surface area contributed by atoms with Crippen molar-refractivity contribution in [3.8, 4) is 5.95 Å². The zero-order valence-corrected chi connectivity index (χ0v) is 22.0. The van der Waals surface area contributed by atoms with Crippen LogP contribution in [0.5, 0.6) is 0 Å². The molecule has 0 aliphatic carbocycles. The van der Waals surface area contributed by atoms with E-state index < -0.39 is 5.60 Å². The fraction of sp³-hybridized carbons (Fsp3) is 0.538. The molecule has 9 nitrogen and oxygen atoms in total. The molecule has 4 aromatic rings. The minimum absolute atomic E-state index is 0.272. The van der Waals surface area contributed by atoms with Crippen molar-refractivity contribution in [3.05, 3.63) is 35.1 Å². The van der Waals surface area contributed by atoms with Crippen LogP contribution in [-0.2, 0) is 11.3 Å². The molecule has 0 saturated carbocycles. The molecule has 1 unspecified atom stereocenters. The second-order valence-electron chi connectivity index (χ2n) is 10.4. The maximum atomic E-state index is 10.6. The van der Waals surface area contributed by atoms with E-state index >= 15 is 0 Å². The standard InChI is InChI=1S/C26H33N7O2S/c1-17-27-19-8-4-5-9-20(19)33(17)25-29-23(32-11-13-35-14-12-32)22-24(30-25)36-21(28-22)16-31-10-6-7-18(15-31)26(2,3)34/h4-5,8-9,18,34H,6-7,10-16H2,1-3H3. The quantitative estimate of drug-likeness (QED) is 0.439. The molecule has 2 saturated heterocycles. The second-order valence-corrected chi connectivity index (χ2v) is 11.5. The minimum atomic E-state index is -0.665. The number of piperidine rings is 1. The summed E-state index contributed by atoms with van der Waals surface area (Å²) < 4.78 is 7.65. The van der Waals surface area contributed by atoms with Gasteiger partial charge in [-0.15, -0.1) is 0 Å². The number of para-hydroxylation sites is 2. The van der Waals surface area contributed by atoms with E-state index in [4.69, 9.17) is 24.7 Å². The lowest BCUT2D eigenvalue weighted by Gasteiger charge is -2.38. The Labute approximate surface area is 214 Å². The summed E-state index contributed by atoms with van der Waals surface area (Å²) in [6.07, 6.45) is 2.16. The first-order chi connectivity index (χ1) is 17.4. The monoisotopic (exact) mass is 507 g/mol. The first-order valence-electron chi connectivity index (χ1n) is 12.8. The number of aromatic nitrogens is 5. The Bertz CT molecular complexity index is 1390. The third-order valence-corrected chi connectivity index (χ3v) is 8.31. The van der Waals surface area contributed by atoms with Gasteiger partial charge in [0.25, 0.3) is 0 Å². The first-order valence-corrected chi connectivity index (χ1v) is 13.6. The Hall–Kier alpha value is -2.66. The number of likely N-dealkylation sites (tertiary alicyclic amines) is 1. The van der Waals surface area contributed by atoms with E-state index in [1.807, 2.05) is 43.5 Å². The molecule has 190 valence electrons. The molecular weight excluding hydrogens is 474 g/mol. The molecular formula is C26H33N7O2S. The van der Waals surface area contributed by atoms with Crippen molar-refractivity contribution in [3.63, 3.8) is 0 Å². The Morgan fingerprint density at radius 3 is 2.69 bits per heavy atom. The van der Waals surface area contributed by atoms with Crippen LogP contribution >= 0.6 is 11.3 Å². The van der Waals surface area contributed by atoms with E-state index in [1.54, 1.807) is 11.3 Å². The Morgan fingerprint density at radius 1 is 1.08 bits per heavy atom. The molecule has 5 heterocycles. The summed E-state index contributed by atoms with van der Waals surface area (Å²) in [4.78, 5) is 25.4. The fourth-order valence-electron chi connectivity index (χ4n) is 5.37. The maximum absolute atomic E-state index is 10.6. The average molecular weight is 508 g/mol. The maximum Gasteiger partial charge on any atom is 0.239 e. The summed E-state index contributed by atoms with van der Waals surface area (Å²) in [5, 5.41) is 11.6. The van der Waals surface area contributed by atoms with E-state index in [0.717, 1.165) is 83.6 Å². The van der Waals surface area contributed by atoms with Gasteiger partial charge in [-0.05, 0) is 58.2 Å². The summed E-state index contributed by atoms with van der Waals surface area (Å²) in [7, 11) is 0. The smallest absolute Gasteiger partial charge is 0.239 e. The second kappa shape index (κ2) is 9.33. The number of morpholine rings is 1. The van der Waals surface area contributed by atoms with Crippen molar-refractivity contribution in [2.24, 2.45) is 5.92 Å². The topological polar surface area (TPSA) is 92.4 Å². The number of imidazole rings is 1. The molecule has 2 fully saturated rings. The summed E-state index contributed by atoms with van der Waals surface area (Å²) in [6, 6.07) is 8.10. The van der Waals surface area contributed by atoms with Crippen LogP contribution in [0.2, 0.25) is 0 Å². The zero-order valence-electron chi connectivity index (χ0n) is 21.1. The highest BCUT2D eigenvalue weighted by molar-refractivity contribution is 7.18. The van der Waals surface area contributed by atoms with Crippen molar-refractivity contribution in [1.82, 2.24) is 29.4 Å². The van der Waals surface area contributed by atoms with Gasteiger partial charge in [-0.25, -0.2) is 9.97 Å². The normalized spacial score (nSPS) is 20.0. The van der Waals surface area contributed by atoms with E-state index in [1.165, 1.54) is 0 Å². The lowest BCUT2D eigenvalue weighted by atomic mass is 9.84. The molecule has 0 bridgehead atoms. The van der Waals surface area contributed by atoms with Crippen molar-refractivity contribution >= 4 is 38.5 Å². The number of nitrogens with zero attached hydrogens (tertiary/aromatic N) is 7. The molecule has 10 heteroatoms. The molecule has 0 amide bonds. The number of benzene rings is 1. The van der Waals surface area contributed by atoms with Gasteiger partial charge in [-0.3, -0.25) is 9.47 Å². The highest BCUT2D eigenvalue weighted by Gasteiger charge is 2.32. The number of aliphatic hydroxyl groups is 1. The van der Waals surface area contributed by atoms with Gasteiger partial charge >= 0.3 is 0 Å². The van der Waals surface area contributed by atoms with E-state index in [-0.39, 0.29) is 5.92 Å². The van der Waals surface area contributed by atoms with Crippen LogP contribution in [0, 0.1) is 12.8 Å². The van der Waals surface area contributed by atoms with Gasteiger partial charge in [0.1, 0.15) is 16.3 Å². The van der Waals surface area contributed by atoms with Crippen LogP contribution in [-0.4, -0.2) is 79.5 Å². The van der Waals surface area contributed by atoms with Crippen LogP contribution in [0.1, 0.15) is 37.5 Å². The summed E-state index contributed by atoms with van der Waals surface area (Å²) in [5.74, 6) is 2.63. The number of ether oxygens (including phenoxy) is 1. The van der Waals surface area contributed by atoms with Gasteiger partial charge < -0.3 is 14.7 Å². The molecule has 3 aromatic heterocycles. The molecule has 6 rings (SSSR count). The summed E-state index contributed by atoms with van der Waals surface area (Å²) >= 11 is 1.64. The molecule has 2 aliphatic heterocycles. The Morgan fingerprint density at radius 2 is 1.89 bits per heavy atom. The lowest BCUT2D eigenvalue weighted by Crippen LogP contribution is -2.44. The number of aryl methyl sites for hydroxylation is 1. The van der Waals surface area contributed by atoms with Gasteiger partial charge in [0.2, 0.25) is 5.95 Å². The fourth-order valence-corrected chi connectivity index (χ4v) is 6.34. The third-order valence-electron chi connectivity index (χ3n) is 7.38. The van der Waals surface area contributed by atoms with Gasteiger partial charge in [0.05, 0.1) is 36.4 Å². The van der Waals surface area contributed by atoms with Gasteiger partial charge in [-0.2, -0.15) is 9.97 Å². The van der Waals surface area contributed by atoms with Crippen molar-refractivity contribution in [2.75, 3.05) is 44.3 Å². The number of hydrogen-bond donors (Lipinski definition) is 1. The van der Waals surface area contributed by atoms with Crippen LogP contribution in [0.15, 0.2) is 24.3 Å². The lowest BCUT2D eigenvalue weighted by molar-refractivity contribution is -0.0198. The predicted molar refractivity (Wildman–Crippen MR) is 142 cm³/mol. The molecule has 1 N–H and O–H groups in total. The van der Waals surface area contributed by atoms with Crippen LogP contribution in [0.3, 0.4) is 0 Å². The highest BCUT2D eigenvalue weighted by Crippen LogP contribution is 2.33. The highest BCUT2D eigenvalue weighted by atomic mass is 32.1. The molecule has 1 aromatic carbocycles. The van der Waals surface area contributed by atoms with Gasteiger partial charge in [0, 0.05) is 19.6 Å². The number of hydrogen-bond acceptors (Lipinski definition) is 9. The molecule has 2 aliphatic rings. The van der Waals surface area contributed by atoms with Crippen molar-refractivity contribution in [1.29, 1.82) is 0 Å². The van der Waals surface area contributed by atoms with Crippen molar-refractivity contribution in [2.45, 2.75) is 45.8 Å². The minimum Gasteiger partial charge on any atom is -0.390 e. The SMILES string of the molecule is Cc1nc2ccccc2n1-c1nc(N2CCOCC2)c2nc(CN3CCCC(C(C)(C)O)C3)sc2n1. The number of rotatable bonds is 5. The molecule has 1 atom stereocenters. The van der Waals surface area contributed by atoms with E-state index in [2.05, 4.69) is 15.9 Å². The average Bonchev–Trinajstić information content (AvgIpc) is 3.42. The number of thiazole rings is 1. The molecule has 0 spiro atoms. The van der Waals surface area contributed by atoms with E-state index in [9.17, 15) is 5.11 Å². The molecule has 0 radical (unpaired) electrons. The predicted octanol–water partition coefficient (Wildman–Crippen LogP) is 3.55. The molecule has 36 heavy (non-hydrogen) atoms. The third kappa shape index (κ3) is 4.47. The largest absolute Gasteiger partial charge is 0.390 e. The number of anilines is 1. The van der Waals surface area contributed by atoms with Crippen LogP contribution in [0.4, 0.5) is 5.82 Å². The van der Waals surface area contributed by atoms with E-state index in [0.29, 0.717) is 19.2 Å². The van der Waals surface area contributed by atoms with Gasteiger partial charge in [-0.1, -0.05) is 23.5 Å². The number of fused-ring (bicyclic) bond motifs is 2. The Kier molecular flexibility index (Phi) is 6.15. The summed E-state index contributed by atoms with van der Waals surface area (Å²) in [6.45, 7) is 11.4. The van der Waals surface area contributed by atoms with Crippen molar-refractivity contribution < 1.29 is 9.84 Å². The zero-order chi connectivity index (χ0) is 24.9. The van der Waals surface area contributed by atoms with Crippen LogP contribution < -0.4 is 4.90 Å². The van der Waals surface area contributed by atoms with Crippen LogP contribution in [0.25, 0.3) is 27.3 Å². The van der Waals surface area contributed by atoms with Gasteiger partial charge in [0.15, 0.2) is 10.6 Å². The first kappa shape index (κ1) is 23.7. The Balaban J connectivity index is 1.40. The summed E-state index contributed by atoms with van der Waals surface area (Å²) in [5.41, 5.74) is 2.13.